The van der Waals surface area contributed by atoms with Crippen molar-refractivity contribution in [3.63, 3.8) is 0 Å². The molecule has 1 aromatic heterocycles. The zero-order valence-corrected chi connectivity index (χ0v) is 9.96. The van der Waals surface area contributed by atoms with Gasteiger partial charge in [-0.2, -0.15) is 0 Å². The molecule has 0 amide bonds. The maximum absolute atomic E-state index is 6.04. The van der Waals surface area contributed by atoms with Crippen LogP contribution in [0.15, 0.2) is 42.6 Å². The van der Waals surface area contributed by atoms with Crippen LogP contribution in [-0.2, 0) is 6.54 Å². The summed E-state index contributed by atoms with van der Waals surface area (Å²) in [4.78, 5) is 3.98. The van der Waals surface area contributed by atoms with E-state index in [1.807, 2.05) is 30.3 Å². The van der Waals surface area contributed by atoms with Crippen LogP contribution in [0.1, 0.15) is 5.56 Å². The second-order valence-corrected chi connectivity index (χ2v) is 4.11. The summed E-state index contributed by atoms with van der Waals surface area (Å²) < 4.78 is 0. The average molecular weight is 253 g/mol. The zero-order chi connectivity index (χ0) is 11.4. The first-order valence-corrected chi connectivity index (χ1v) is 5.60. The van der Waals surface area contributed by atoms with Gasteiger partial charge in [0.25, 0.3) is 0 Å². The molecular weight excluding hydrogens is 243 g/mol. The second kappa shape index (κ2) is 5.19. The fourth-order valence-electron chi connectivity index (χ4n) is 1.32. The van der Waals surface area contributed by atoms with E-state index in [0.29, 0.717) is 11.7 Å². The Kier molecular flexibility index (Phi) is 3.65. The van der Waals surface area contributed by atoms with Crippen LogP contribution in [0.5, 0.6) is 0 Å². The number of pyridine rings is 1. The Morgan fingerprint density at radius 1 is 1.06 bits per heavy atom. The van der Waals surface area contributed by atoms with E-state index in [2.05, 4.69) is 10.3 Å². The Balaban J connectivity index is 2.02. The normalized spacial score (nSPS) is 10.1. The maximum Gasteiger partial charge on any atom is 0.129 e. The highest BCUT2D eigenvalue weighted by Crippen LogP contribution is 2.17. The molecule has 2 aromatic rings. The van der Waals surface area contributed by atoms with Gasteiger partial charge in [0.1, 0.15) is 5.15 Å². The van der Waals surface area contributed by atoms with Crippen molar-refractivity contribution in [2.45, 2.75) is 6.54 Å². The highest BCUT2D eigenvalue weighted by Gasteiger charge is 1.98. The number of halogens is 2. The number of nitrogens with one attached hydrogen (secondary N) is 1. The largest absolute Gasteiger partial charge is 0.380 e. The average Bonchev–Trinajstić information content (AvgIpc) is 2.30. The third kappa shape index (κ3) is 2.87. The van der Waals surface area contributed by atoms with E-state index in [-0.39, 0.29) is 0 Å². The van der Waals surface area contributed by atoms with Gasteiger partial charge in [-0.3, -0.25) is 0 Å². The summed E-state index contributed by atoms with van der Waals surface area (Å²) in [5, 5.41) is 4.47. The third-order valence-corrected chi connectivity index (χ3v) is 2.76. The molecule has 16 heavy (non-hydrogen) atoms. The predicted molar refractivity (Wildman–Crippen MR) is 68.0 cm³/mol. The summed E-state index contributed by atoms with van der Waals surface area (Å²) in [6.45, 7) is 0.670. The Bertz CT molecular complexity index is 469. The molecule has 1 heterocycles. The summed E-state index contributed by atoms with van der Waals surface area (Å²) >= 11 is 11.7. The molecule has 0 saturated heterocycles. The van der Waals surface area contributed by atoms with Gasteiger partial charge in [-0.25, -0.2) is 4.98 Å². The number of nitrogens with zero attached hydrogens (tertiary/aromatic N) is 1. The number of anilines is 1. The first-order valence-electron chi connectivity index (χ1n) is 4.84. The number of hydrogen-bond acceptors (Lipinski definition) is 2. The van der Waals surface area contributed by atoms with Gasteiger partial charge in [0.2, 0.25) is 0 Å². The van der Waals surface area contributed by atoms with E-state index in [1.54, 1.807) is 12.3 Å². The van der Waals surface area contributed by atoms with Gasteiger partial charge in [-0.05, 0) is 23.8 Å². The Morgan fingerprint density at radius 3 is 2.56 bits per heavy atom. The molecule has 1 aromatic carbocycles. The lowest BCUT2D eigenvalue weighted by Gasteiger charge is -2.07. The summed E-state index contributed by atoms with van der Waals surface area (Å²) in [5.74, 6) is 0. The number of hydrogen-bond donors (Lipinski definition) is 1. The fourth-order valence-corrected chi connectivity index (χ4v) is 1.63. The minimum absolute atomic E-state index is 0.489. The van der Waals surface area contributed by atoms with Crippen LogP contribution in [0.25, 0.3) is 0 Å². The van der Waals surface area contributed by atoms with Gasteiger partial charge in [0.15, 0.2) is 0 Å². The van der Waals surface area contributed by atoms with E-state index in [0.717, 1.165) is 16.3 Å². The molecule has 0 atom stereocenters. The van der Waals surface area contributed by atoms with Crippen molar-refractivity contribution in [1.82, 2.24) is 4.98 Å². The van der Waals surface area contributed by atoms with Crippen molar-refractivity contribution >= 4 is 28.9 Å². The van der Waals surface area contributed by atoms with Crippen molar-refractivity contribution in [2.24, 2.45) is 0 Å². The summed E-state index contributed by atoms with van der Waals surface area (Å²) in [5.41, 5.74) is 1.98. The van der Waals surface area contributed by atoms with Crippen LogP contribution < -0.4 is 5.32 Å². The lowest BCUT2D eigenvalue weighted by molar-refractivity contribution is 1.14. The van der Waals surface area contributed by atoms with E-state index in [1.165, 1.54) is 0 Å². The monoisotopic (exact) mass is 252 g/mol. The standard InChI is InChI=1S/C12H10Cl2N2/c13-11-4-2-1-3-9(11)7-15-10-5-6-12(14)16-8-10/h1-6,8,15H,7H2. The summed E-state index contributed by atoms with van der Waals surface area (Å²) in [6.07, 6.45) is 1.69. The van der Waals surface area contributed by atoms with Gasteiger partial charge >= 0.3 is 0 Å². The van der Waals surface area contributed by atoms with Crippen LogP contribution in [0.4, 0.5) is 5.69 Å². The van der Waals surface area contributed by atoms with Gasteiger partial charge in [0, 0.05) is 11.6 Å². The van der Waals surface area contributed by atoms with Gasteiger partial charge < -0.3 is 5.32 Å². The molecule has 82 valence electrons. The molecular formula is C12H10Cl2N2. The van der Waals surface area contributed by atoms with Crippen molar-refractivity contribution in [3.8, 4) is 0 Å². The Hall–Kier alpha value is -1.25. The van der Waals surface area contributed by atoms with Crippen molar-refractivity contribution in [1.29, 1.82) is 0 Å². The number of benzene rings is 1. The smallest absolute Gasteiger partial charge is 0.129 e. The summed E-state index contributed by atoms with van der Waals surface area (Å²) in [7, 11) is 0. The van der Waals surface area contributed by atoms with Crippen LogP contribution in [-0.4, -0.2) is 4.98 Å². The van der Waals surface area contributed by atoms with Crippen LogP contribution in [0, 0.1) is 0 Å². The molecule has 2 nitrogen and oxygen atoms in total. The van der Waals surface area contributed by atoms with E-state index < -0.39 is 0 Å². The minimum atomic E-state index is 0.489. The topological polar surface area (TPSA) is 24.9 Å². The molecule has 0 fully saturated rings. The molecule has 0 aliphatic heterocycles. The van der Waals surface area contributed by atoms with Crippen LogP contribution in [0.3, 0.4) is 0 Å². The lowest BCUT2D eigenvalue weighted by atomic mass is 10.2. The molecule has 1 N–H and O–H groups in total. The highest BCUT2D eigenvalue weighted by atomic mass is 35.5. The third-order valence-electron chi connectivity index (χ3n) is 2.17. The molecule has 0 unspecified atom stereocenters. The highest BCUT2D eigenvalue weighted by molar-refractivity contribution is 6.31. The molecule has 0 bridgehead atoms. The molecule has 4 heteroatoms. The Morgan fingerprint density at radius 2 is 1.88 bits per heavy atom. The lowest BCUT2D eigenvalue weighted by Crippen LogP contribution is -2.00. The number of aromatic nitrogens is 1. The molecule has 0 spiro atoms. The van der Waals surface area contributed by atoms with E-state index in [4.69, 9.17) is 23.2 Å². The van der Waals surface area contributed by atoms with E-state index >= 15 is 0 Å². The minimum Gasteiger partial charge on any atom is -0.380 e. The molecule has 0 aliphatic rings. The molecule has 0 saturated carbocycles. The van der Waals surface area contributed by atoms with E-state index in [9.17, 15) is 0 Å². The van der Waals surface area contributed by atoms with Gasteiger partial charge in [0.05, 0.1) is 11.9 Å². The molecule has 2 rings (SSSR count). The maximum atomic E-state index is 6.04. The first kappa shape index (κ1) is 11.2. The first-order chi connectivity index (χ1) is 7.75. The van der Waals surface area contributed by atoms with Crippen molar-refractivity contribution in [2.75, 3.05) is 5.32 Å². The Labute approximate surface area is 104 Å². The van der Waals surface area contributed by atoms with Crippen molar-refractivity contribution < 1.29 is 0 Å². The van der Waals surface area contributed by atoms with Crippen molar-refractivity contribution in [3.05, 3.63) is 58.3 Å². The predicted octanol–water partition coefficient (Wildman–Crippen LogP) is 4.00. The summed E-state index contributed by atoms with van der Waals surface area (Å²) in [6, 6.07) is 11.4. The van der Waals surface area contributed by atoms with Gasteiger partial charge in [-0.15, -0.1) is 0 Å². The van der Waals surface area contributed by atoms with Crippen LogP contribution >= 0.6 is 23.2 Å². The molecule has 0 radical (unpaired) electrons. The second-order valence-electron chi connectivity index (χ2n) is 3.31. The fraction of sp³-hybridized carbons (Fsp3) is 0.0833. The zero-order valence-electron chi connectivity index (χ0n) is 8.45. The van der Waals surface area contributed by atoms with Gasteiger partial charge in [-0.1, -0.05) is 41.4 Å². The van der Waals surface area contributed by atoms with Crippen LogP contribution in [0.2, 0.25) is 10.2 Å². The quantitative estimate of drug-likeness (QED) is 0.836. The molecule has 0 aliphatic carbocycles. The SMILES string of the molecule is Clc1ccc(NCc2ccccc2Cl)cn1. The number of rotatable bonds is 3.